The molecule has 1 rings (SSSR count). The lowest BCUT2D eigenvalue weighted by Gasteiger charge is -2.11. The van der Waals surface area contributed by atoms with Gasteiger partial charge in [-0.2, -0.15) is 0 Å². The molecule has 4 heteroatoms. The Balaban J connectivity index is 2.91. The van der Waals surface area contributed by atoms with Crippen molar-refractivity contribution in [3.63, 3.8) is 0 Å². The minimum atomic E-state index is -0.869. The van der Waals surface area contributed by atoms with E-state index in [9.17, 15) is 9.59 Å². The second-order valence-electron chi connectivity index (χ2n) is 3.88. The fourth-order valence-corrected chi connectivity index (χ4v) is 1.32. The molecule has 0 aliphatic heterocycles. The van der Waals surface area contributed by atoms with Gasteiger partial charge in [0.05, 0.1) is 5.92 Å². The number of hydrogen-bond donors (Lipinski definition) is 1. The Morgan fingerprint density at radius 2 is 1.69 bits per heavy atom. The van der Waals surface area contributed by atoms with Crippen molar-refractivity contribution in [3.05, 3.63) is 35.4 Å². The fraction of sp³-hybridized carbons (Fsp3) is 0.333. The summed E-state index contributed by atoms with van der Waals surface area (Å²) in [5, 5.41) is 8.83. The van der Waals surface area contributed by atoms with Crippen molar-refractivity contribution in [2.45, 2.75) is 12.8 Å². The third-order valence-electron chi connectivity index (χ3n) is 2.43. The van der Waals surface area contributed by atoms with Crippen molar-refractivity contribution in [2.24, 2.45) is 0 Å². The SMILES string of the molecule is CC(C(=O)O)c1ccc(C(=O)N(C)C)cc1. The van der Waals surface area contributed by atoms with Crippen LogP contribution in [0.15, 0.2) is 24.3 Å². The van der Waals surface area contributed by atoms with E-state index in [0.29, 0.717) is 11.1 Å². The molecule has 0 bridgehead atoms. The zero-order chi connectivity index (χ0) is 12.3. The van der Waals surface area contributed by atoms with Crippen LogP contribution in [0, 0.1) is 0 Å². The minimum Gasteiger partial charge on any atom is -0.481 e. The highest BCUT2D eigenvalue weighted by Crippen LogP contribution is 2.16. The monoisotopic (exact) mass is 221 g/mol. The van der Waals surface area contributed by atoms with Gasteiger partial charge in [0.2, 0.25) is 0 Å². The summed E-state index contributed by atoms with van der Waals surface area (Å²) in [5.41, 5.74) is 1.26. The van der Waals surface area contributed by atoms with E-state index < -0.39 is 11.9 Å². The Hall–Kier alpha value is -1.84. The van der Waals surface area contributed by atoms with Crippen molar-refractivity contribution >= 4 is 11.9 Å². The molecule has 1 amide bonds. The molecular weight excluding hydrogens is 206 g/mol. The van der Waals surface area contributed by atoms with Crippen molar-refractivity contribution in [3.8, 4) is 0 Å². The van der Waals surface area contributed by atoms with Gasteiger partial charge in [0.15, 0.2) is 0 Å². The van der Waals surface area contributed by atoms with Crippen molar-refractivity contribution in [2.75, 3.05) is 14.1 Å². The molecule has 1 N–H and O–H groups in total. The summed E-state index contributed by atoms with van der Waals surface area (Å²) in [4.78, 5) is 23.8. The lowest BCUT2D eigenvalue weighted by atomic mass is 10.00. The number of aliphatic carboxylic acids is 1. The lowest BCUT2D eigenvalue weighted by Crippen LogP contribution is -2.21. The second-order valence-corrected chi connectivity index (χ2v) is 3.88. The van der Waals surface area contributed by atoms with Gasteiger partial charge in [0.25, 0.3) is 5.91 Å². The largest absolute Gasteiger partial charge is 0.481 e. The van der Waals surface area contributed by atoms with Crippen molar-refractivity contribution in [1.82, 2.24) is 4.90 Å². The third-order valence-corrected chi connectivity index (χ3v) is 2.43. The summed E-state index contributed by atoms with van der Waals surface area (Å²) in [7, 11) is 3.35. The highest BCUT2D eigenvalue weighted by Gasteiger charge is 2.14. The Kier molecular flexibility index (Phi) is 3.66. The average Bonchev–Trinajstić information content (AvgIpc) is 2.27. The number of carboxylic acid groups (broad SMARTS) is 1. The third kappa shape index (κ3) is 2.59. The molecule has 1 aromatic rings. The number of nitrogens with zero attached hydrogens (tertiary/aromatic N) is 1. The van der Waals surface area contributed by atoms with Gasteiger partial charge < -0.3 is 10.0 Å². The average molecular weight is 221 g/mol. The van der Waals surface area contributed by atoms with E-state index >= 15 is 0 Å². The Bertz CT molecular complexity index is 395. The van der Waals surface area contributed by atoms with E-state index in [1.54, 1.807) is 45.3 Å². The summed E-state index contributed by atoms with van der Waals surface area (Å²) in [5.74, 6) is -1.51. The summed E-state index contributed by atoms with van der Waals surface area (Å²) < 4.78 is 0. The Labute approximate surface area is 94.5 Å². The molecule has 0 saturated heterocycles. The number of benzene rings is 1. The maximum absolute atomic E-state index is 11.6. The van der Waals surface area contributed by atoms with Crippen LogP contribution in [-0.4, -0.2) is 36.0 Å². The topological polar surface area (TPSA) is 57.6 Å². The number of rotatable bonds is 3. The normalized spacial score (nSPS) is 11.9. The smallest absolute Gasteiger partial charge is 0.310 e. The van der Waals surface area contributed by atoms with Gasteiger partial charge in [-0.3, -0.25) is 9.59 Å². The summed E-state index contributed by atoms with van der Waals surface area (Å²) in [6, 6.07) is 6.65. The molecule has 0 aliphatic carbocycles. The molecule has 4 nitrogen and oxygen atoms in total. The van der Waals surface area contributed by atoms with E-state index in [1.807, 2.05) is 0 Å². The zero-order valence-corrected chi connectivity index (χ0v) is 9.60. The van der Waals surface area contributed by atoms with E-state index in [4.69, 9.17) is 5.11 Å². The molecule has 0 saturated carbocycles. The highest BCUT2D eigenvalue weighted by molar-refractivity contribution is 5.94. The van der Waals surface area contributed by atoms with Gasteiger partial charge in [-0.1, -0.05) is 12.1 Å². The summed E-state index contributed by atoms with van der Waals surface area (Å²) >= 11 is 0. The molecule has 0 heterocycles. The molecule has 1 atom stereocenters. The van der Waals surface area contributed by atoms with Crippen LogP contribution < -0.4 is 0 Å². The van der Waals surface area contributed by atoms with Gasteiger partial charge in [-0.05, 0) is 24.6 Å². The first-order valence-electron chi connectivity index (χ1n) is 4.98. The second kappa shape index (κ2) is 4.79. The lowest BCUT2D eigenvalue weighted by molar-refractivity contribution is -0.138. The zero-order valence-electron chi connectivity index (χ0n) is 9.60. The molecule has 1 unspecified atom stereocenters. The first kappa shape index (κ1) is 12.2. The van der Waals surface area contributed by atoms with Crippen molar-refractivity contribution < 1.29 is 14.7 Å². The van der Waals surface area contributed by atoms with E-state index in [-0.39, 0.29) is 5.91 Å². The van der Waals surface area contributed by atoms with Crippen LogP contribution in [0.1, 0.15) is 28.8 Å². The quantitative estimate of drug-likeness (QED) is 0.843. The van der Waals surface area contributed by atoms with Crippen molar-refractivity contribution in [1.29, 1.82) is 0 Å². The molecule has 0 aromatic heterocycles. The molecular formula is C12H15NO3. The molecule has 86 valence electrons. The van der Waals surface area contributed by atoms with Crippen LogP contribution in [0.4, 0.5) is 0 Å². The van der Waals surface area contributed by atoms with Crippen LogP contribution in [-0.2, 0) is 4.79 Å². The number of carbonyl (C=O) groups excluding carboxylic acids is 1. The molecule has 16 heavy (non-hydrogen) atoms. The number of carboxylic acids is 1. The predicted octanol–water partition coefficient (Wildman–Crippen LogP) is 1.58. The van der Waals surface area contributed by atoms with Gasteiger partial charge in [-0.25, -0.2) is 0 Å². The number of carbonyl (C=O) groups is 2. The van der Waals surface area contributed by atoms with Crippen LogP contribution in [0.3, 0.4) is 0 Å². The predicted molar refractivity (Wildman–Crippen MR) is 60.5 cm³/mol. The van der Waals surface area contributed by atoms with E-state index in [1.165, 1.54) is 4.90 Å². The Morgan fingerprint density at radius 1 is 1.19 bits per heavy atom. The maximum atomic E-state index is 11.6. The maximum Gasteiger partial charge on any atom is 0.310 e. The van der Waals surface area contributed by atoms with E-state index in [0.717, 1.165) is 0 Å². The van der Waals surface area contributed by atoms with Crippen LogP contribution in [0.2, 0.25) is 0 Å². The van der Waals surface area contributed by atoms with E-state index in [2.05, 4.69) is 0 Å². The van der Waals surface area contributed by atoms with Gasteiger partial charge >= 0.3 is 5.97 Å². The number of hydrogen-bond acceptors (Lipinski definition) is 2. The molecule has 1 aromatic carbocycles. The number of amides is 1. The molecule has 0 radical (unpaired) electrons. The summed E-state index contributed by atoms with van der Waals surface area (Å²) in [6.07, 6.45) is 0. The van der Waals surface area contributed by atoms with Crippen LogP contribution >= 0.6 is 0 Å². The first-order chi connectivity index (χ1) is 7.43. The molecule has 0 spiro atoms. The minimum absolute atomic E-state index is 0.0884. The van der Waals surface area contributed by atoms with Crippen LogP contribution in [0.5, 0.6) is 0 Å². The van der Waals surface area contributed by atoms with Crippen LogP contribution in [0.25, 0.3) is 0 Å². The molecule has 0 fully saturated rings. The molecule has 0 aliphatic rings. The first-order valence-corrected chi connectivity index (χ1v) is 4.98. The summed E-state index contributed by atoms with van der Waals surface area (Å²) in [6.45, 7) is 1.62. The van der Waals surface area contributed by atoms with Gasteiger partial charge in [-0.15, -0.1) is 0 Å². The standard InChI is InChI=1S/C12H15NO3/c1-8(12(15)16)9-4-6-10(7-5-9)11(14)13(2)3/h4-8H,1-3H3,(H,15,16). The Morgan fingerprint density at radius 3 is 2.06 bits per heavy atom. The fourth-order valence-electron chi connectivity index (χ4n) is 1.32. The van der Waals surface area contributed by atoms with Gasteiger partial charge in [0, 0.05) is 19.7 Å². The van der Waals surface area contributed by atoms with Gasteiger partial charge in [0.1, 0.15) is 0 Å². The highest BCUT2D eigenvalue weighted by atomic mass is 16.4.